The highest BCUT2D eigenvalue weighted by Gasteiger charge is 2.26. The fourth-order valence-electron chi connectivity index (χ4n) is 4.48. The zero-order valence-electron chi connectivity index (χ0n) is 19.6. The molecule has 0 radical (unpaired) electrons. The van der Waals surface area contributed by atoms with E-state index in [-0.39, 0.29) is 11.9 Å². The Morgan fingerprint density at radius 2 is 1.83 bits per heavy atom. The van der Waals surface area contributed by atoms with E-state index in [0.717, 1.165) is 49.2 Å². The molecule has 4 aromatic rings. The van der Waals surface area contributed by atoms with Gasteiger partial charge in [0.25, 0.3) is 5.91 Å². The Kier molecular flexibility index (Phi) is 7.30. The molecular formula is C27H28N4O3S. The van der Waals surface area contributed by atoms with Crippen LogP contribution in [0.25, 0.3) is 11.0 Å². The lowest BCUT2D eigenvalue weighted by molar-refractivity contribution is 0.0882. The predicted molar refractivity (Wildman–Crippen MR) is 137 cm³/mol. The van der Waals surface area contributed by atoms with Gasteiger partial charge in [0.2, 0.25) is 0 Å². The van der Waals surface area contributed by atoms with Crippen LogP contribution >= 0.6 is 11.8 Å². The van der Waals surface area contributed by atoms with Crippen LogP contribution in [0.3, 0.4) is 0 Å². The quantitative estimate of drug-likeness (QED) is 0.279. The molecule has 0 saturated carbocycles. The van der Waals surface area contributed by atoms with E-state index in [4.69, 9.17) is 9.15 Å². The molecule has 1 aliphatic heterocycles. The van der Waals surface area contributed by atoms with Gasteiger partial charge >= 0.3 is 0 Å². The number of hydrogen-bond acceptors (Lipinski definition) is 7. The third-order valence-corrected chi connectivity index (χ3v) is 7.20. The summed E-state index contributed by atoms with van der Waals surface area (Å²) >= 11 is 1.50. The molecule has 1 saturated heterocycles. The first-order valence-electron chi connectivity index (χ1n) is 11.8. The van der Waals surface area contributed by atoms with Gasteiger partial charge in [-0.05, 0) is 31.0 Å². The highest BCUT2D eigenvalue weighted by atomic mass is 32.2. The monoisotopic (exact) mass is 488 g/mol. The number of carbonyl (C=O) groups is 1. The number of nitrogens with zero attached hydrogens (tertiary/aromatic N) is 3. The molecule has 0 bridgehead atoms. The molecule has 35 heavy (non-hydrogen) atoms. The average molecular weight is 489 g/mol. The van der Waals surface area contributed by atoms with Gasteiger partial charge in [-0.15, -0.1) is 0 Å². The summed E-state index contributed by atoms with van der Waals surface area (Å²) in [5.41, 5.74) is 2.78. The van der Waals surface area contributed by atoms with E-state index in [1.165, 1.54) is 17.3 Å². The van der Waals surface area contributed by atoms with E-state index >= 15 is 0 Å². The summed E-state index contributed by atoms with van der Waals surface area (Å²) in [6.45, 7) is 2.67. The largest absolute Gasteiger partial charge is 0.496 e. The van der Waals surface area contributed by atoms with Crippen molar-refractivity contribution in [1.82, 2.24) is 20.2 Å². The Morgan fingerprint density at radius 1 is 1.09 bits per heavy atom. The van der Waals surface area contributed by atoms with Crippen LogP contribution in [0.1, 0.15) is 34.5 Å². The van der Waals surface area contributed by atoms with Crippen LogP contribution in [-0.4, -0.2) is 47.0 Å². The maximum Gasteiger partial charge on any atom is 0.287 e. The lowest BCUT2D eigenvalue weighted by Crippen LogP contribution is -2.44. The number of furan rings is 1. The lowest BCUT2D eigenvalue weighted by atomic mass is 10.0. The highest BCUT2D eigenvalue weighted by Crippen LogP contribution is 2.31. The molecule has 0 aliphatic carbocycles. The molecule has 1 amide bonds. The summed E-state index contributed by atoms with van der Waals surface area (Å²) in [6, 6.07) is 17.8. The van der Waals surface area contributed by atoms with Gasteiger partial charge in [0, 0.05) is 60.3 Å². The van der Waals surface area contributed by atoms with E-state index < -0.39 is 0 Å². The van der Waals surface area contributed by atoms with Crippen LogP contribution in [-0.2, 0) is 12.3 Å². The lowest BCUT2D eigenvalue weighted by Gasteiger charge is -2.32. The number of ether oxygens (including phenoxy) is 1. The fraction of sp³-hybridized carbons (Fsp3) is 0.296. The third kappa shape index (κ3) is 5.49. The Bertz CT molecular complexity index is 1290. The van der Waals surface area contributed by atoms with E-state index in [1.807, 2.05) is 42.5 Å². The van der Waals surface area contributed by atoms with Crippen molar-refractivity contribution in [2.45, 2.75) is 36.3 Å². The zero-order chi connectivity index (χ0) is 24.0. The highest BCUT2D eigenvalue weighted by molar-refractivity contribution is 7.98. The van der Waals surface area contributed by atoms with Crippen molar-refractivity contribution in [2.75, 3.05) is 20.2 Å². The standard InChI is InChI=1S/C27H28N4O3S/c1-33-23-9-4-2-7-19(23)17-31-15-11-20(12-16-31)30-26(32)25-22(18-35-27-28-13-6-14-29-27)21-8-3-5-10-24(21)34-25/h2-10,13-14,20H,11-12,15-18H2,1H3,(H,30,32). The van der Waals surface area contributed by atoms with Gasteiger partial charge in [-0.3, -0.25) is 9.69 Å². The Hall–Kier alpha value is -3.36. The minimum absolute atomic E-state index is 0.114. The number of rotatable bonds is 8. The van der Waals surface area contributed by atoms with Crippen LogP contribution < -0.4 is 10.1 Å². The number of hydrogen-bond donors (Lipinski definition) is 1. The zero-order valence-corrected chi connectivity index (χ0v) is 20.5. The molecule has 7 nitrogen and oxygen atoms in total. The van der Waals surface area contributed by atoms with Crippen molar-refractivity contribution in [3.8, 4) is 5.75 Å². The number of aromatic nitrogens is 2. The number of nitrogens with one attached hydrogen (secondary N) is 1. The molecule has 1 N–H and O–H groups in total. The van der Waals surface area contributed by atoms with Gasteiger partial charge in [0.15, 0.2) is 10.9 Å². The number of benzene rings is 2. The number of fused-ring (bicyclic) bond motifs is 1. The molecule has 2 aromatic heterocycles. The third-order valence-electron chi connectivity index (χ3n) is 6.30. The second-order valence-corrected chi connectivity index (χ2v) is 9.50. The number of amides is 1. The Labute approximate surface area is 208 Å². The molecule has 8 heteroatoms. The van der Waals surface area contributed by atoms with Crippen LogP contribution in [0.15, 0.2) is 76.6 Å². The van der Waals surface area contributed by atoms with Gasteiger partial charge in [0.05, 0.1) is 7.11 Å². The Balaban J connectivity index is 1.24. The normalized spacial score (nSPS) is 14.8. The molecule has 0 unspecified atom stereocenters. The van der Waals surface area contributed by atoms with Crippen molar-refractivity contribution >= 4 is 28.6 Å². The van der Waals surface area contributed by atoms with Gasteiger partial charge < -0.3 is 14.5 Å². The molecule has 2 aromatic carbocycles. The van der Waals surface area contributed by atoms with Crippen molar-refractivity contribution in [2.24, 2.45) is 0 Å². The maximum absolute atomic E-state index is 13.3. The molecule has 180 valence electrons. The van der Waals surface area contributed by atoms with E-state index in [9.17, 15) is 4.79 Å². The molecular weight excluding hydrogens is 460 g/mol. The molecule has 1 aliphatic rings. The van der Waals surface area contributed by atoms with Crippen molar-refractivity contribution in [1.29, 1.82) is 0 Å². The van der Waals surface area contributed by atoms with Crippen LogP contribution in [0.2, 0.25) is 0 Å². The van der Waals surface area contributed by atoms with Gasteiger partial charge in [-0.2, -0.15) is 0 Å². The summed E-state index contributed by atoms with van der Waals surface area (Å²) in [5, 5.41) is 4.84. The number of piperidine rings is 1. The van der Waals surface area contributed by atoms with Crippen LogP contribution in [0.5, 0.6) is 5.75 Å². The fourth-order valence-corrected chi connectivity index (χ4v) is 5.31. The summed E-state index contributed by atoms with van der Waals surface area (Å²) in [7, 11) is 1.71. The number of likely N-dealkylation sites (tertiary alicyclic amines) is 1. The van der Waals surface area contributed by atoms with Crippen molar-refractivity contribution in [3.05, 3.63) is 83.9 Å². The summed E-state index contributed by atoms with van der Waals surface area (Å²) in [4.78, 5) is 24.3. The van der Waals surface area contributed by atoms with Gasteiger partial charge in [-0.1, -0.05) is 48.2 Å². The average Bonchev–Trinajstić information content (AvgIpc) is 3.28. The van der Waals surface area contributed by atoms with E-state index in [1.54, 1.807) is 25.6 Å². The number of thioether (sulfide) groups is 1. The first-order chi connectivity index (χ1) is 17.2. The first-order valence-corrected chi connectivity index (χ1v) is 12.7. The second-order valence-electron chi connectivity index (χ2n) is 8.56. The number of para-hydroxylation sites is 2. The van der Waals surface area contributed by atoms with Crippen molar-refractivity contribution < 1.29 is 13.9 Å². The van der Waals surface area contributed by atoms with E-state index in [2.05, 4.69) is 26.3 Å². The maximum atomic E-state index is 13.3. The SMILES string of the molecule is COc1ccccc1CN1CCC(NC(=O)c2oc3ccccc3c2CSc2ncccn2)CC1. The number of carbonyl (C=O) groups excluding carboxylic acids is 1. The van der Waals surface area contributed by atoms with E-state index in [0.29, 0.717) is 22.3 Å². The molecule has 1 fully saturated rings. The predicted octanol–water partition coefficient (Wildman–Crippen LogP) is 4.92. The smallest absolute Gasteiger partial charge is 0.287 e. The summed E-state index contributed by atoms with van der Waals surface area (Å²) in [5.74, 6) is 1.69. The molecule has 0 atom stereocenters. The second kappa shape index (κ2) is 10.9. The van der Waals surface area contributed by atoms with Crippen molar-refractivity contribution in [3.63, 3.8) is 0 Å². The summed E-state index contributed by atoms with van der Waals surface area (Å²) in [6.07, 6.45) is 5.22. The van der Waals surface area contributed by atoms with Gasteiger partial charge in [-0.25, -0.2) is 9.97 Å². The Morgan fingerprint density at radius 3 is 2.63 bits per heavy atom. The molecule has 5 rings (SSSR count). The van der Waals surface area contributed by atoms with Gasteiger partial charge in [0.1, 0.15) is 11.3 Å². The number of methoxy groups -OCH3 is 1. The van der Waals surface area contributed by atoms with Crippen LogP contribution in [0.4, 0.5) is 0 Å². The first kappa shape index (κ1) is 23.4. The molecule has 3 heterocycles. The minimum atomic E-state index is -0.158. The minimum Gasteiger partial charge on any atom is -0.496 e. The van der Waals surface area contributed by atoms with Crippen LogP contribution in [0, 0.1) is 0 Å². The topological polar surface area (TPSA) is 80.5 Å². The molecule has 0 spiro atoms. The summed E-state index contributed by atoms with van der Waals surface area (Å²) < 4.78 is 11.5.